The van der Waals surface area contributed by atoms with Crippen LogP contribution in [0.25, 0.3) is 5.57 Å². The summed E-state index contributed by atoms with van der Waals surface area (Å²) in [4.78, 5) is 26.8. The Morgan fingerprint density at radius 3 is 2.26 bits per heavy atom. The van der Waals surface area contributed by atoms with Crippen LogP contribution in [0.15, 0.2) is 84.6 Å². The van der Waals surface area contributed by atoms with Gasteiger partial charge in [-0.2, -0.15) is 0 Å². The molecule has 2 amide bonds. The number of allylic oxidation sites excluding steroid dienone is 1. The highest BCUT2D eigenvalue weighted by Crippen LogP contribution is 2.37. The van der Waals surface area contributed by atoms with Crippen molar-refractivity contribution in [3.8, 4) is 5.75 Å². The van der Waals surface area contributed by atoms with E-state index in [1.807, 2.05) is 54.6 Å². The second-order valence-corrected chi connectivity index (χ2v) is 7.38. The van der Waals surface area contributed by atoms with E-state index < -0.39 is 0 Å². The first-order chi connectivity index (χ1) is 15.1. The van der Waals surface area contributed by atoms with E-state index in [-0.39, 0.29) is 11.8 Å². The minimum Gasteiger partial charge on any atom is -0.449 e. The number of carbonyl (C=O) groups excluding carboxylic acids is 2. The molecule has 31 heavy (non-hydrogen) atoms. The lowest BCUT2D eigenvalue weighted by Gasteiger charge is -2.29. The fourth-order valence-electron chi connectivity index (χ4n) is 3.70. The van der Waals surface area contributed by atoms with Crippen LogP contribution in [0.3, 0.4) is 0 Å². The van der Waals surface area contributed by atoms with E-state index in [9.17, 15) is 9.59 Å². The summed E-state index contributed by atoms with van der Waals surface area (Å²) in [5, 5.41) is 2.63. The first kappa shape index (κ1) is 20.4. The molecule has 1 aliphatic heterocycles. The molecule has 0 aliphatic carbocycles. The van der Waals surface area contributed by atoms with Gasteiger partial charge in [-0.15, -0.1) is 0 Å². The lowest BCUT2D eigenvalue weighted by molar-refractivity contribution is -0.117. The highest BCUT2D eigenvalue weighted by Gasteiger charge is 2.30. The van der Waals surface area contributed by atoms with Crippen LogP contribution in [0.4, 0.5) is 5.69 Å². The molecule has 3 aromatic carbocycles. The van der Waals surface area contributed by atoms with Crippen molar-refractivity contribution in [3.05, 3.63) is 101 Å². The molecule has 3 aromatic rings. The van der Waals surface area contributed by atoms with Crippen molar-refractivity contribution in [2.24, 2.45) is 0 Å². The molecule has 0 saturated heterocycles. The molecule has 1 N–H and O–H groups in total. The Labute approximate surface area is 182 Å². The lowest BCUT2D eigenvalue weighted by Crippen LogP contribution is -2.34. The molecule has 0 aromatic heterocycles. The third-order valence-corrected chi connectivity index (χ3v) is 5.44. The Bertz CT molecular complexity index is 1130. The Morgan fingerprint density at radius 1 is 0.903 bits per heavy atom. The van der Waals surface area contributed by atoms with Gasteiger partial charge in [0.2, 0.25) is 0 Å². The summed E-state index contributed by atoms with van der Waals surface area (Å²) in [6, 6.07) is 24.9. The molecule has 0 spiro atoms. The minimum atomic E-state index is -0.183. The van der Waals surface area contributed by atoms with Crippen LogP contribution in [-0.4, -0.2) is 25.9 Å². The third kappa shape index (κ3) is 4.21. The quantitative estimate of drug-likeness (QED) is 0.630. The largest absolute Gasteiger partial charge is 0.449 e. The number of hydrogen-bond acceptors (Lipinski definition) is 3. The van der Waals surface area contributed by atoms with Gasteiger partial charge >= 0.3 is 0 Å². The molecule has 0 fully saturated rings. The Morgan fingerprint density at radius 2 is 1.55 bits per heavy atom. The number of rotatable bonds is 5. The maximum Gasteiger partial charge on any atom is 0.294 e. The molecule has 0 atom stereocenters. The number of carbonyl (C=O) groups is 2. The Hall–Kier alpha value is -3.86. The van der Waals surface area contributed by atoms with Gasteiger partial charge in [0.15, 0.2) is 11.5 Å². The number of fused-ring (bicyclic) bond motifs is 1. The average molecular weight is 412 g/mol. The number of amides is 2. The molecule has 0 saturated carbocycles. The van der Waals surface area contributed by atoms with Crippen LogP contribution < -0.4 is 15.0 Å². The Kier molecular flexibility index (Phi) is 5.85. The van der Waals surface area contributed by atoms with Crippen molar-refractivity contribution in [2.75, 3.05) is 19.0 Å². The fraction of sp³-hybridized carbons (Fsp3) is 0.154. The van der Waals surface area contributed by atoms with Gasteiger partial charge in [0.05, 0.1) is 5.69 Å². The molecular formula is C26H24N2O3. The van der Waals surface area contributed by atoms with Crippen LogP contribution in [0, 0.1) is 0 Å². The molecule has 1 aliphatic rings. The number of ether oxygens (including phenoxy) is 1. The summed E-state index contributed by atoms with van der Waals surface area (Å²) in [7, 11) is 3.36. The maximum absolute atomic E-state index is 13.2. The van der Waals surface area contributed by atoms with E-state index in [0.717, 1.165) is 23.2 Å². The maximum atomic E-state index is 13.2. The zero-order valence-corrected chi connectivity index (χ0v) is 17.6. The number of nitrogens with one attached hydrogen (secondary N) is 1. The van der Waals surface area contributed by atoms with E-state index in [1.165, 1.54) is 5.56 Å². The smallest absolute Gasteiger partial charge is 0.294 e. The highest BCUT2D eigenvalue weighted by molar-refractivity contribution is 6.11. The lowest BCUT2D eigenvalue weighted by atomic mass is 9.95. The summed E-state index contributed by atoms with van der Waals surface area (Å²) < 4.78 is 6.13. The van der Waals surface area contributed by atoms with E-state index in [2.05, 4.69) is 17.4 Å². The fourth-order valence-corrected chi connectivity index (χ4v) is 3.70. The first-order valence-corrected chi connectivity index (χ1v) is 10.2. The summed E-state index contributed by atoms with van der Waals surface area (Å²) in [5.74, 6) is 0.643. The molecule has 4 rings (SSSR count). The molecule has 0 unspecified atom stereocenters. The van der Waals surface area contributed by atoms with E-state index in [1.54, 1.807) is 31.1 Å². The predicted molar refractivity (Wildman–Crippen MR) is 122 cm³/mol. The van der Waals surface area contributed by atoms with E-state index in [0.29, 0.717) is 23.5 Å². The van der Waals surface area contributed by atoms with Crippen LogP contribution in [0.2, 0.25) is 0 Å². The van der Waals surface area contributed by atoms with Crippen molar-refractivity contribution in [1.82, 2.24) is 5.32 Å². The van der Waals surface area contributed by atoms with Gasteiger partial charge in [-0.3, -0.25) is 9.59 Å². The van der Waals surface area contributed by atoms with Crippen molar-refractivity contribution in [2.45, 2.75) is 12.8 Å². The normalized spacial score (nSPS) is 14.5. The molecule has 1 heterocycles. The summed E-state index contributed by atoms with van der Waals surface area (Å²) in [6.07, 6.45) is 1.39. The first-order valence-electron chi connectivity index (χ1n) is 10.2. The second kappa shape index (κ2) is 8.88. The van der Waals surface area contributed by atoms with Crippen LogP contribution in [-0.2, 0) is 11.2 Å². The van der Waals surface area contributed by atoms with Crippen LogP contribution in [0.1, 0.15) is 27.9 Å². The van der Waals surface area contributed by atoms with Gasteiger partial charge in [-0.05, 0) is 48.2 Å². The monoisotopic (exact) mass is 412 g/mol. The van der Waals surface area contributed by atoms with Gasteiger partial charge in [-0.1, -0.05) is 54.6 Å². The SMILES string of the molecule is CNC(=O)c1ccc(/C(CCc2ccccc2)=C2/Oc3ccccc3N(C)C2=O)cc1. The second-order valence-electron chi connectivity index (χ2n) is 7.38. The number of para-hydroxylation sites is 2. The van der Waals surface area contributed by atoms with Crippen LogP contribution in [0.5, 0.6) is 5.75 Å². The molecule has 0 bridgehead atoms. The zero-order valence-electron chi connectivity index (χ0n) is 17.6. The molecular weight excluding hydrogens is 388 g/mol. The van der Waals surface area contributed by atoms with Gasteiger partial charge in [0, 0.05) is 25.2 Å². The number of benzene rings is 3. The highest BCUT2D eigenvalue weighted by atomic mass is 16.5. The van der Waals surface area contributed by atoms with Gasteiger partial charge in [0.1, 0.15) is 0 Å². The number of aryl methyl sites for hydroxylation is 1. The minimum absolute atomic E-state index is 0.149. The summed E-state index contributed by atoms with van der Waals surface area (Å²) in [6.45, 7) is 0. The molecule has 0 radical (unpaired) electrons. The molecule has 5 heteroatoms. The Balaban J connectivity index is 1.76. The van der Waals surface area contributed by atoms with Crippen molar-refractivity contribution >= 4 is 23.1 Å². The van der Waals surface area contributed by atoms with Gasteiger partial charge in [-0.25, -0.2) is 0 Å². The van der Waals surface area contributed by atoms with E-state index >= 15 is 0 Å². The van der Waals surface area contributed by atoms with E-state index in [4.69, 9.17) is 4.74 Å². The van der Waals surface area contributed by atoms with Gasteiger partial charge in [0.25, 0.3) is 11.8 Å². The average Bonchev–Trinajstić information content (AvgIpc) is 2.82. The standard InChI is InChI=1S/C26H24N2O3/c1-27-25(29)20-15-13-19(14-16-20)21(17-12-18-8-4-3-5-9-18)24-26(30)28(2)22-10-6-7-11-23(22)31-24/h3-11,13-16H,12,17H2,1-2H3,(H,27,29)/b24-21+. The molecule has 156 valence electrons. The summed E-state index contributed by atoms with van der Waals surface area (Å²) >= 11 is 0. The van der Waals surface area contributed by atoms with Crippen molar-refractivity contribution < 1.29 is 14.3 Å². The molecule has 5 nitrogen and oxygen atoms in total. The number of hydrogen-bond donors (Lipinski definition) is 1. The topological polar surface area (TPSA) is 58.6 Å². The van der Waals surface area contributed by atoms with Crippen LogP contribution >= 0.6 is 0 Å². The summed E-state index contributed by atoms with van der Waals surface area (Å²) in [5.41, 5.74) is 4.17. The predicted octanol–water partition coefficient (Wildman–Crippen LogP) is 4.45. The number of anilines is 1. The van der Waals surface area contributed by atoms with Gasteiger partial charge < -0.3 is 15.0 Å². The van der Waals surface area contributed by atoms with Crippen molar-refractivity contribution in [1.29, 1.82) is 0 Å². The van der Waals surface area contributed by atoms with Crippen molar-refractivity contribution in [3.63, 3.8) is 0 Å². The number of nitrogens with zero attached hydrogens (tertiary/aromatic N) is 1. The third-order valence-electron chi connectivity index (χ3n) is 5.44. The zero-order chi connectivity index (χ0) is 21.8. The number of likely N-dealkylation sites (N-methyl/N-ethyl adjacent to an activating group) is 1.